The monoisotopic (exact) mass is 1840 g/mol. The van der Waals surface area contributed by atoms with Crippen molar-refractivity contribution in [2.24, 2.45) is 81.4 Å². The molecule has 0 spiro atoms. The van der Waals surface area contributed by atoms with Gasteiger partial charge in [-0.2, -0.15) is 5.11 Å². The molecule has 121 heavy (non-hydrogen) atoms. The second-order valence-corrected chi connectivity index (χ2v) is 43.0. The van der Waals surface area contributed by atoms with Gasteiger partial charge in [-0.05, 0) is 147 Å². The van der Waals surface area contributed by atoms with Crippen molar-refractivity contribution in [3.63, 3.8) is 0 Å². The lowest BCUT2D eigenvalue weighted by molar-refractivity contribution is -0.139. The van der Waals surface area contributed by atoms with Crippen LogP contribution in [-0.2, 0) is 68.0 Å². The van der Waals surface area contributed by atoms with Crippen LogP contribution in [0.25, 0.3) is 0 Å². The Bertz CT molecular complexity index is 3870. The van der Waals surface area contributed by atoms with E-state index in [-0.39, 0.29) is 85.8 Å². The Morgan fingerprint density at radius 1 is 0.463 bits per heavy atom. The van der Waals surface area contributed by atoms with Crippen molar-refractivity contribution in [2.45, 2.75) is 291 Å². The van der Waals surface area contributed by atoms with Gasteiger partial charge < -0.3 is 4.90 Å². The third-order valence-electron chi connectivity index (χ3n) is 16.7. The molecule has 4 aliphatic rings. The zero-order chi connectivity index (χ0) is 93.3. The fourth-order valence-corrected chi connectivity index (χ4v) is 15.5. The second-order valence-electron chi connectivity index (χ2n) is 34.8. The summed E-state index contributed by atoms with van der Waals surface area (Å²) in [6.07, 6.45) is 18.9. The van der Waals surface area contributed by atoms with Crippen LogP contribution >= 0.6 is 46.4 Å². The number of benzene rings is 4. The molecule has 4 aromatic rings. The van der Waals surface area contributed by atoms with Crippen LogP contribution in [0.4, 0.5) is 17.6 Å². The molecule has 4 aromatic carbocycles. The molecule has 2 atom stereocenters. The fraction of sp³-hybridized carbons (Fsp3) is 0.663. The molecule has 700 valence electrons. The smallest absolute Gasteiger partial charge is 0.253 e. The van der Waals surface area contributed by atoms with E-state index in [1.165, 1.54) is 53.7 Å². The van der Waals surface area contributed by atoms with Crippen LogP contribution in [0.5, 0.6) is 0 Å². The van der Waals surface area contributed by atoms with E-state index in [1.807, 2.05) is 111 Å². The lowest BCUT2D eigenvalue weighted by atomic mass is 9.94. The highest BCUT2D eigenvalue weighted by Gasteiger charge is 2.34. The van der Waals surface area contributed by atoms with Gasteiger partial charge in [0.25, 0.3) is 5.91 Å². The number of sulfone groups is 3. The summed E-state index contributed by atoms with van der Waals surface area (Å²) >= 11 is 24.3. The molecule has 0 N–H and O–H groups in total. The Kier molecular flexibility index (Phi) is 69.3. The van der Waals surface area contributed by atoms with Crippen molar-refractivity contribution in [3.8, 4) is 0 Å². The van der Waals surface area contributed by atoms with Gasteiger partial charge in [-0.15, -0.1) is 0 Å². The third kappa shape index (κ3) is 58.6. The summed E-state index contributed by atoms with van der Waals surface area (Å²) in [6.45, 7) is 61.6. The molecule has 15 nitrogen and oxygen atoms in total. The highest BCUT2D eigenvalue weighted by molar-refractivity contribution is 7.91. The first-order valence-corrected chi connectivity index (χ1v) is 49.6. The molecule has 3 aliphatic heterocycles. The van der Waals surface area contributed by atoms with E-state index in [4.69, 9.17) is 46.4 Å². The quantitative estimate of drug-likeness (QED) is 0.0315. The van der Waals surface area contributed by atoms with Crippen molar-refractivity contribution in [1.29, 1.82) is 0 Å². The average Bonchev–Trinajstić information content (AvgIpc) is 1.71. The predicted octanol–water partition coefficient (Wildman–Crippen LogP) is 27.1. The van der Waals surface area contributed by atoms with Crippen molar-refractivity contribution in [3.05, 3.63) is 156 Å². The molecule has 8 rings (SSSR count). The average molecular weight is 1850 g/mol. The number of amides is 4. The number of hydrogen-bond donors (Lipinski definition) is 0. The standard InChI is InChI=1S/C11H12Cl4.C11H12F4.C11H15N3O.C11H16O2S.C10H14.C8H13NO2.C8H15NO.C7H16.C6H14.C5H12O2S.C3H8O2S.C2H6.2CH4/c2*1-5(2)4-7-8(12)6(3)9(13)11(15)10(7)14;1-8(2)7-14-11(15)9-5-3-4-6-10(9)12-13-14;1-9(2)8-14(12,13)11-6-4-10(3)5-7-11;1-9(2)8-10-6-4-3-5-7-10;1-6(2)5-9-7(10)3-4-8(9)11;1-7(2)6-9-5-3-4-8(9)10;1-6(2)5-7(3)4;1-4-5-6(2)3;1-5(2)4-8(3,6)7;1-3-6(2,4)5;1-2;;/h2*5H,4H2,1-3H3;3-6,8-10H,7H2,1-2H3;4-7,9H,8H2,1-3H3;3-7,9H,8H2,1-2H3;6H,3-5H2,1-2H3;7H,3-6H2,1-2H3;6-7H,5H2,1-4H3;6H,4-5H2,1-3H3;5H,4H2,1-3H3;3H2,1-2H3;1-2H3;2*1H4. The van der Waals surface area contributed by atoms with Gasteiger partial charge in [-0.25, -0.2) is 47.8 Å². The number of imide groups is 1. The number of allylic oxidation sites excluding steroid dienone is 2. The van der Waals surface area contributed by atoms with Gasteiger partial charge in [-0.3, -0.25) is 24.1 Å². The first-order chi connectivity index (χ1) is 54.8. The first-order valence-electron chi connectivity index (χ1n) is 42.3. The maximum Gasteiger partial charge on any atom is 0.253 e. The topological polar surface area (TPSA) is 205 Å². The van der Waals surface area contributed by atoms with E-state index in [0.717, 1.165) is 79.6 Å². The molecule has 26 heteroatoms. The lowest BCUT2D eigenvalue weighted by Crippen LogP contribution is -2.41. The zero-order valence-corrected chi connectivity index (χ0v) is 83.6. The molecule has 2 unspecified atom stereocenters. The Hall–Kier alpha value is -5.23. The lowest BCUT2D eigenvalue weighted by Gasteiger charge is -2.29. The number of nitrogens with zero attached hydrogens (tertiary/aromatic N) is 5. The molecule has 2 fully saturated rings. The number of hydrogen-bond acceptors (Lipinski definition) is 12. The van der Waals surface area contributed by atoms with Crippen molar-refractivity contribution in [2.75, 3.05) is 55.9 Å². The molecule has 3 heterocycles. The molecule has 4 amide bonds. The van der Waals surface area contributed by atoms with Gasteiger partial charge in [0.15, 0.2) is 27.3 Å². The summed E-state index contributed by atoms with van der Waals surface area (Å²) < 4.78 is 117. The SMILES string of the molecule is C.C.CC.CC(C)CC(C)C.CC(C)CN1C(=O)CCC1=O.CC(C)CN1CCCC1=O.CC(C)CN1N=NC2C=CC=CC2C1=O.CC(C)CS(C)(=O)=O.CC(C)Cc1ccccc1.CCCC(C)C.CCS(C)(=O)=O.Cc1c(Cl)c(Cl)c(Cl)c(CC(C)C)c1Cl.Cc1c(F)c(F)c(F)c(CC(C)C)c1F.Cc1ccc(S(=O)(=O)CC(C)C)cc1. The number of rotatable bonds is 22. The Balaban J connectivity index is -0.000000303. The van der Waals surface area contributed by atoms with Crippen molar-refractivity contribution in [1.82, 2.24) is 14.8 Å². The highest BCUT2D eigenvalue weighted by Crippen LogP contribution is 2.42. The minimum atomic E-state index is -3.08. The molecule has 2 saturated heterocycles. The van der Waals surface area contributed by atoms with Crippen LogP contribution in [0, 0.1) is 115 Å². The molecular formula is C95H161Cl4F4N5O10S3. The Morgan fingerprint density at radius 2 is 0.917 bits per heavy atom. The van der Waals surface area contributed by atoms with Crippen molar-refractivity contribution >= 4 is 99.5 Å². The zero-order valence-electron chi connectivity index (χ0n) is 78.1. The van der Waals surface area contributed by atoms with E-state index in [9.17, 15) is 62.0 Å². The summed E-state index contributed by atoms with van der Waals surface area (Å²) in [5.41, 5.74) is 3.36. The number of fused-ring (bicyclic) bond motifs is 1. The second kappa shape index (κ2) is 66.2. The summed E-state index contributed by atoms with van der Waals surface area (Å²) in [7, 11) is -8.46. The molecule has 0 aromatic heterocycles. The maximum atomic E-state index is 13.4. The van der Waals surface area contributed by atoms with Crippen LogP contribution in [0.15, 0.2) is 94.1 Å². The number of halogens is 8. The number of carbonyl (C=O) groups excluding carboxylic acids is 4. The third-order valence-corrected chi connectivity index (χ3v) is 23.1. The van der Waals surface area contributed by atoms with Gasteiger partial charge >= 0.3 is 0 Å². The normalized spacial score (nSPS) is 14.4. The van der Waals surface area contributed by atoms with Crippen molar-refractivity contribution < 1.29 is 62.0 Å². The molecular weight excluding hydrogens is 1690 g/mol. The molecule has 0 saturated carbocycles. The van der Waals surface area contributed by atoms with Crippen LogP contribution in [0.2, 0.25) is 20.1 Å². The van der Waals surface area contributed by atoms with Gasteiger partial charge in [0.1, 0.15) is 31.5 Å². The number of aryl methyl sites for hydroxylation is 1. The van der Waals surface area contributed by atoms with E-state index in [0.29, 0.717) is 86.2 Å². The first kappa shape index (κ1) is 127. The predicted molar refractivity (Wildman–Crippen MR) is 510 cm³/mol. The van der Waals surface area contributed by atoms with E-state index in [1.54, 1.807) is 32.9 Å². The van der Waals surface area contributed by atoms with Crippen LogP contribution in [0.3, 0.4) is 0 Å². The summed E-state index contributed by atoms with van der Waals surface area (Å²) in [5, 5.41) is 11.5. The highest BCUT2D eigenvalue weighted by atomic mass is 35.5. The van der Waals surface area contributed by atoms with E-state index in [2.05, 4.69) is 145 Å². The number of carbonyl (C=O) groups is 4. The maximum absolute atomic E-state index is 13.4. The largest absolute Gasteiger partial charge is 0.342 e. The minimum Gasteiger partial charge on any atom is -0.342 e. The van der Waals surface area contributed by atoms with Gasteiger partial charge in [-0.1, -0.05) is 332 Å². The number of likely N-dealkylation sites (tertiary alicyclic amines) is 2. The summed E-state index contributed by atoms with van der Waals surface area (Å²) in [6, 6.07) is 17.5. The van der Waals surface area contributed by atoms with Crippen LogP contribution in [0.1, 0.15) is 273 Å². The van der Waals surface area contributed by atoms with Crippen LogP contribution in [-0.4, -0.2) is 126 Å². The summed E-state index contributed by atoms with van der Waals surface area (Å²) in [5.74, 6) is 1.23. The Morgan fingerprint density at radius 3 is 1.28 bits per heavy atom. The van der Waals surface area contributed by atoms with Crippen LogP contribution < -0.4 is 0 Å². The van der Waals surface area contributed by atoms with Gasteiger partial charge in [0.2, 0.25) is 17.7 Å². The van der Waals surface area contributed by atoms with Gasteiger partial charge in [0, 0.05) is 79.9 Å². The molecule has 1 aliphatic carbocycles. The minimum absolute atomic E-state index is 0. The Labute approximate surface area is 754 Å². The van der Waals surface area contributed by atoms with E-state index >= 15 is 0 Å². The molecule has 0 bridgehead atoms. The summed E-state index contributed by atoms with van der Waals surface area (Å²) in [4.78, 5) is 48.8. The molecule has 0 radical (unpaired) electrons. The van der Waals surface area contributed by atoms with E-state index < -0.39 is 58.3 Å². The van der Waals surface area contributed by atoms with Gasteiger partial charge in [0.05, 0.1) is 37.4 Å². The fourth-order valence-electron chi connectivity index (χ4n) is 11.6.